The predicted molar refractivity (Wildman–Crippen MR) is 143 cm³/mol. The summed E-state index contributed by atoms with van der Waals surface area (Å²) >= 11 is 0. The fourth-order valence-corrected chi connectivity index (χ4v) is 3.72. The normalized spacial score (nSPS) is 11.2. The Morgan fingerprint density at radius 1 is 0.622 bits per heavy atom. The van der Waals surface area contributed by atoms with Gasteiger partial charge in [0.1, 0.15) is 25.0 Å². The zero-order valence-electron chi connectivity index (χ0n) is 20.5. The summed E-state index contributed by atoms with van der Waals surface area (Å²) < 4.78 is 11.2. The van der Waals surface area contributed by atoms with Gasteiger partial charge in [-0.2, -0.15) is 0 Å². The molecule has 0 saturated heterocycles. The first-order chi connectivity index (χ1) is 18.2. The molecule has 0 aliphatic heterocycles. The summed E-state index contributed by atoms with van der Waals surface area (Å²) in [5.41, 5.74) is 3.81. The number of rotatable bonds is 11. The van der Waals surface area contributed by atoms with Gasteiger partial charge < -0.3 is 20.1 Å². The molecule has 0 aliphatic rings. The highest BCUT2D eigenvalue weighted by Crippen LogP contribution is 2.16. The van der Waals surface area contributed by atoms with Crippen molar-refractivity contribution in [2.45, 2.75) is 32.2 Å². The largest absolute Gasteiger partial charge is 0.489 e. The first kappa shape index (κ1) is 25.5. The van der Waals surface area contributed by atoms with Crippen LogP contribution in [0.4, 0.5) is 4.79 Å². The Morgan fingerprint density at radius 3 is 1.76 bits per heavy atom. The average molecular weight is 495 g/mol. The van der Waals surface area contributed by atoms with Crippen LogP contribution in [0.5, 0.6) is 5.75 Å². The number of hydrogen-bond acceptors (Lipinski definition) is 4. The molecule has 0 saturated carbocycles. The minimum absolute atomic E-state index is 0.123. The number of carbonyl (C=O) groups is 2. The van der Waals surface area contributed by atoms with E-state index in [1.54, 1.807) is 0 Å². The fraction of sp³-hybridized carbons (Fsp3) is 0.161. The smallest absolute Gasteiger partial charge is 0.408 e. The summed E-state index contributed by atoms with van der Waals surface area (Å²) in [7, 11) is 0. The molecule has 0 heterocycles. The summed E-state index contributed by atoms with van der Waals surface area (Å²) in [4.78, 5) is 25.6. The number of carbonyl (C=O) groups excluding carboxylic acids is 2. The molecule has 6 nitrogen and oxygen atoms in total. The summed E-state index contributed by atoms with van der Waals surface area (Å²) in [5.74, 6) is 0.442. The van der Waals surface area contributed by atoms with E-state index in [0.717, 1.165) is 28.0 Å². The molecule has 188 valence electrons. The van der Waals surface area contributed by atoms with Gasteiger partial charge in [-0.15, -0.1) is 0 Å². The molecule has 4 aromatic carbocycles. The zero-order chi connectivity index (χ0) is 25.7. The molecule has 2 amide bonds. The fourth-order valence-electron chi connectivity index (χ4n) is 3.72. The van der Waals surface area contributed by atoms with Crippen molar-refractivity contribution in [1.29, 1.82) is 0 Å². The van der Waals surface area contributed by atoms with Crippen LogP contribution in [0.3, 0.4) is 0 Å². The van der Waals surface area contributed by atoms with Gasteiger partial charge in [0.2, 0.25) is 5.91 Å². The van der Waals surface area contributed by atoms with E-state index in [0.29, 0.717) is 19.6 Å². The van der Waals surface area contributed by atoms with E-state index >= 15 is 0 Å². The van der Waals surface area contributed by atoms with Crippen LogP contribution in [-0.4, -0.2) is 18.0 Å². The van der Waals surface area contributed by atoms with Crippen molar-refractivity contribution in [2.24, 2.45) is 0 Å². The van der Waals surface area contributed by atoms with Gasteiger partial charge in [0.05, 0.1) is 0 Å². The van der Waals surface area contributed by atoms with Crippen molar-refractivity contribution in [3.05, 3.63) is 138 Å². The van der Waals surface area contributed by atoms with Crippen molar-refractivity contribution in [3.8, 4) is 5.75 Å². The Balaban J connectivity index is 1.36. The Morgan fingerprint density at radius 2 is 1.16 bits per heavy atom. The molecule has 1 atom stereocenters. The van der Waals surface area contributed by atoms with E-state index < -0.39 is 12.1 Å². The highest BCUT2D eigenvalue weighted by molar-refractivity contribution is 5.85. The minimum atomic E-state index is -0.803. The van der Waals surface area contributed by atoms with Crippen molar-refractivity contribution in [3.63, 3.8) is 0 Å². The lowest BCUT2D eigenvalue weighted by Gasteiger charge is -2.19. The molecule has 2 N–H and O–H groups in total. The molecule has 4 rings (SSSR count). The lowest BCUT2D eigenvalue weighted by molar-refractivity contribution is -0.123. The highest BCUT2D eigenvalue weighted by Gasteiger charge is 2.22. The van der Waals surface area contributed by atoms with Crippen LogP contribution in [0.1, 0.15) is 22.3 Å². The molecular formula is C31H30N2O4. The molecule has 6 heteroatoms. The van der Waals surface area contributed by atoms with E-state index in [9.17, 15) is 9.59 Å². The zero-order valence-corrected chi connectivity index (χ0v) is 20.5. The summed E-state index contributed by atoms with van der Waals surface area (Å²) in [6.45, 7) is 0.959. The van der Waals surface area contributed by atoms with Crippen LogP contribution < -0.4 is 15.4 Å². The van der Waals surface area contributed by atoms with E-state index in [1.807, 2.05) is 115 Å². The van der Waals surface area contributed by atoms with Crippen LogP contribution in [0.15, 0.2) is 115 Å². The van der Waals surface area contributed by atoms with Gasteiger partial charge >= 0.3 is 6.09 Å². The van der Waals surface area contributed by atoms with Gasteiger partial charge in [-0.05, 0) is 34.4 Å². The Hall–Kier alpha value is -4.58. The Labute approximate surface area is 217 Å². The first-order valence-corrected chi connectivity index (χ1v) is 12.2. The molecule has 1 unspecified atom stereocenters. The second-order valence-corrected chi connectivity index (χ2v) is 8.58. The van der Waals surface area contributed by atoms with Gasteiger partial charge in [-0.3, -0.25) is 4.79 Å². The number of benzene rings is 4. The van der Waals surface area contributed by atoms with Gasteiger partial charge in [0, 0.05) is 13.0 Å². The molecular weight excluding hydrogens is 464 g/mol. The first-order valence-electron chi connectivity index (χ1n) is 12.2. The monoisotopic (exact) mass is 494 g/mol. The maximum absolute atomic E-state index is 13.1. The lowest BCUT2D eigenvalue weighted by Crippen LogP contribution is -2.48. The van der Waals surface area contributed by atoms with E-state index in [1.165, 1.54) is 0 Å². The number of nitrogens with one attached hydrogen (secondary N) is 2. The maximum atomic E-state index is 13.1. The Kier molecular flexibility index (Phi) is 9.30. The third kappa shape index (κ3) is 8.54. The molecule has 0 aromatic heterocycles. The van der Waals surface area contributed by atoms with Crippen LogP contribution in [0.25, 0.3) is 0 Å². The maximum Gasteiger partial charge on any atom is 0.408 e. The SMILES string of the molecule is O=C(NC(Cc1ccc(OCc2ccccc2)cc1)C(=O)NCc1ccccc1)OCc1ccccc1. The van der Waals surface area contributed by atoms with Crippen LogP contribution in [0.2, 0.25) is 0 Å². The van der Waals surface area contributed by atoms with Crippen molar-refractivity contribution in [1.82, 2.24) is 10.6 Å². The second kappa shape index (κ2) is 13.5. The summed E-state index contributed by atoms with van der Waals surface area (Å²) in [6.07, 6.45) is -0.341. The Bertz CT molecular complexity index is 1250. The molecule has 0 radical (unpaired) electrons. The molecule has 0 aliphatic carbocycles. The van der Waals surface area contributed by atoms with Crippen molar-refractivity contribution < 1.29 is 19.1 Å². The number of amides is 2. The molecule has 0 spiro atoms. The molecule has 0 bridgehead atoms. The number of hydrogen-bond donors (Lipinski definition) is 2. The quantitative estimate of drug-likeness (QED) is 0.292. The van der Waals surface area contributed by atoms with Gasteiger partial charge in [-0.1, -0.05) is 103 Å². The third-order valence-electron chi connectivity index (χ3n) is 5.74. The van der Waals surface area contributed by atoms with Crippen molar-refractivity contribution in [2.75, 3.05) is 0 Å². The molecule has 0 fully saturated rings. The highest BCUT2D eigenvalue weighted by atomic mass is 16.5. The molecule has 37 heavy (non-hydrogen) atoms. The van der Waals surface area contributed by atoms with Crippen LogP contribution in [0, 0.1) is 0 Å². The van der Waals surface area contributed by atoms with E-state index in [2.05, 4.69) is 10.6 Å². The molecule has 4 aromatic rings. The predicted octanol–water partition coefficient (Wildman–Crippen LogP) is 5.42. The number of alkyl carbamates (subject to hydrolysis) is 1. The van der Waals surface area contributed by atoms with Crippen LogP contribution >= 0.6 is 0 Å². The summed E-state index contributed by atoms with van der Waals surface area (Å²) in [6, 6.07) is 35.7. The van der Waals surface area contributed by atoms with Crippen molar-refractivity contribution >= 4 is 12.0 Å². The third-order valence-corrected chi connectivity index (χ3v) is 5.74. The number of ether oxygens (including phenoxy) is 2. The van der Waals surface area contributed by atoms with Gasteiger partial charge in [-0.25, -0.2) is 4.79 Å². The van der Waals surface area contributed by atoms with Crippen LogP contribution in [-0.2, 0) is 35.7 Å². The van der Waals surface area contributed by atoms with Gasteiger partial charge in [0.15, 0.2) is 0 Å². The standard InChI is InChI=1S/C31H30N2O4/c34-30(32-21-25-10-4-1-5-11-25)29(33-31(35)37-23-27-14-8-3-9-15-27)20-24-16-18-28(19-17-24)36-22-26-12-6-2-7-13-26/h1-19,29H,20-23H2,(H,32,34)(H,33,35). The second-order valence-electron chi connectivity index (χ2n) is 8.58. The summed E-state index contributed by atoms with van der Waals surface area (Å²) in [5, 5.41) is 5.64. The minimum Gasteiger partial charge on any atom is -0.489 e. The van der Waals surface area contributed by atoms with E-state index in [-0.39, 0.29) is 12.5 Å². The lowest BCUT2D eigenvalue weighted by atomic mass is 10.0. The topological polar surface area (TPSA) is 76.7 Å². The van der Waals surface area contributed by atoms with E-state index in [4.69, 9.17) is 9.47 Å². The average Bonchev–Trinajstić information content (AvgIpc) is 2.96. The van der Waals surface area contributed by atoms with Gasteiger partial charge in [0.25, 0.3) is 0 Å².